The Labute approximate surface area is 165 Å². The Morgan fingerprint density at radius 1 is 1.00 bits per heavy atom. The first-order valence-corrected chi connectivity index (χ1v) is 10.6. The molecule has 0 bridgehead atoms. The van der Waals surface area contributed by atoms with Crippen LogP contribution >= 0.6 is 0 Å². The van der Waals surface area contributed by atoms with Crippen LogP contribution in [0.4, 0.5) is 5.69 Å². The quantitative estimate of drug-likeness (QED) is 0.532. The molecule has 0 aliphatic carbocycles. The molecule has 4 aromatic rings. The van der Waals surface area contributed by atoms with Gasteiger partial charge in [0.25, 0.3) is 5.91 Å². The first-order valence-electron chi connectivity index (χ1n) is 8.84. The van der Waals surface area contributed by atoms with Gasteiger partial charge >= 0.3 is 0 Å². The number of aromatic nitrogens is 2. The number of nitrogens with one attached hydrogen (secondary N) is 2. The third kappa shape index (κ3) is 3.87. The van der Waals surface area contributed by atoms with E-state index in [0.29, 0.717) is 22.8 Å². The number of aromatic amines is 1. The molecule has 1 unspecified atom stereocenters. The highest BCUT2D eigenvalue weighted by Crippen LogP contribution is 2.24. The van der Waals surface area contributed by atoms with Crippen molar-refractivity contribution in [2.75, 3.05) is 11.6 Å². The van der Waals surface area contributed by atoms with Gasteiger partial charge in [-0.25, -0.2) is 0 Å². The van der Waals surface area contributed by atoms with Gasteiger partial charge in [0.2, 0.25) is 0 Å². The summed E-state index contributed by atoms with van der Waals surface area (Å²) in [6, 6.07) is 23.3. The van der Waals surface area contributed by atoms with Gasteiger partial charge in [-0.15, -0.1) is 0 Å². The number of anilines is 1. The summed E-state index contributed by atoms with van der Waals surface area (Å²) < 4.78 is 11.6. The maximum Gasteiger partial charge on any atom is 0.273 e. The third-order valence-corrected chi connectivity index (χ3v) is 5.21. The summed E-state index contributed by atoms with van der Waals surface area (Å²) in [7, 11) is -0.990. The zero-order chi connectivity index (χ0) is 19.5. The molecule has 1 atom stereocenters. The van der Waals surface area contributed by atoms with Gasteiger partial charge in [-0.05, 0) is 34.5 Å². The first kappa shape index (κ1) is 18.1. The molecule has 6 heteroatoms. The van der Waals surface area contributed by atoms with Crippen molar-refractivity contribution in [1.82, 2.24) is 10.2 Å². The lowest BCUT2D eigenvalue weighted by Gasteiger charge is -2.09. The van der Waals surface area contributed by atoms with Crippen molar-refractivity contribution in [1.29, 1.82) is 0 Å². The van der Waals surface area contributed by atoms with E-state index in [0.717, 1.165) is 21.9 Å². The van der Waals surface area contributed by atoms with Gasteiger partial charge in [-0.2, -0.15) is 5.10 Å². The van der Waals surface area contributed by atoms with Gasteiger partial charge in [0, 0.05) is 28.3 Å². The smallest absolute Gasteiger partial charge is 0.273 e. The van der Waals surface area contributed by atoms with Crippen molar-refractivity contribution >= 4 is 33.2 Å². The molecule has 0 fully saturated rings. The minimum Gasteiger partial charge on any atom is -0.320 e. The van der Waals surface area contributed by atoms with Crippen LogP contribution in [0.5, 0.6) is 0 Å². The second-order valence-corrected chi connectivity index (χ2v) is 7.99. The molecule has 2 N–H and O–H groups in total. The fourth-order valence-corrected chi connectivity index (χ4v) is 3.80. The molecule has 1 heterocycles. The number of carbonyl (C=O) groups excluding carboxylic acids is 1. The van der Waals surface area contributed by atoms with Crippen LogP contribution in [0.15, 0.2) is 72.8 Å². The first-order chi connectivity index (χ1) is 13.6. The van der Waals surface area contributed by atoms with Crippen LogP contribution in [-0.2, 0) is 16.6 Å². The van der Waals surface area contributed by atoms with E-state index < -0.39 is 10.8 Å². The number of amides is 1. The minimum atomic E-state index is -0.990. The predicted molar refractivity (Wildman–Crippen MR) is 114 cm³/mol. The zero-order valence-electron chi connectivity index (χ0n) is 15.3. The van der Waals surface area contributed by atoms with E-state index in [1.165, 1.54) is 0 Å². The highest BCUT2D eigenvalue weighted by atomic mass is 32.2. The Bertz CT molecular complexity index is 1180. The molecular weight excluding hydrogens is 370 g/mol. The van der Waals surface area contributed by atoms with Gasteiger partial charge in [-0.3, -0.25) is 14.1 Å². The molecule has 0 spiro atoms. The van der Waals surface area contributed by atoms with Crippen molar-refractivity contribution in [2.24, 2.45) is 0 Å². The zero-order valence-corrected chi connectivity index (χ0v) is 16.1. The maximum atomic E-state index is 12.7. The number of nitrogens with zero attached hydrogens (tertiary/aromatic N) is 1. The van der Waals surface area contributed by atoms with Crippen molar-refractivity contribution in [3.8, 4) is 11.3 Å². The molecule has 1 amide bonds. The van der Waals surface area contributed by atoms with Crippen molar-refractivity contribution < 1.29 is 9.00 Å². The van der Waals surface area contributed by atoms with E-state index in [-0.39, 0.29) is 5.91 Å². The van der Waals surface area contributed by atoms with Gasteiger partial charge in [0.15, 0.2) is 0 Å². The molecule has 0 radical (unpaired) electrons. The molecule has 5 nitrogen and oxygen atoms in total. The summed E-state index contributed by atoms with van der Waals surface area (Å²) in [5.74, 6) is 0.107. The maximum absolute atomic E-state index is 12.7. The summed E-state index contributed by atoms with van der Waals surface area (Å²) in [4.78, 5) is 12.7. The fraction of sp³-hybridized carbons (Fsp3) is 0.0909. The van der Waals surface area contributed by atoms with Crippen LogP contribution in [0.1, 0.15) is 16.1 Å². The second-order valence-electron chi connectivity index (χ2n) is 6.56. The second kappa shape index (κ2) is 7.78. The molecule has 0 saturated carbocycles. The van der Waals surface area contributed by atoms with E-state index >= 15 is 0 Å². The lowest BCUT2D eigenvalue weighted by molar-refractivity contribution is 0.102. The summed E-state index contributed by atoms with van der Waals surface area (Å²) in [6.07, 6.45) is 1.64. The van der Waals surface area contributed by atoms with Crippen LogP contribution in [0, 0.1) is 0 Å². The largest absolute Gasteiger partial charge is 0.320 e. The summed E-state index contributed by atoms with van der Waals surface area (Å²) in [5, 5.41) is 12.3. The van der Waals surface area contributed by atoms with Gasteiger partial charge in [-0.1, -0.05) is 54.6 Å². The molecule has 0 aliphatic heterocycles. The normalized spacial score (nSPS) is 12.0. The van der Waals surface area contributed by atoms with Gasteiger partial charge in [0.05, 0.1) is 11.4 Å². The lowest BCUT2D eigenvalue weighted by atomic mass is 10.1. The minimum absolute atomic E-state index is 0.283. The molecule has 0 saturated heterocycles. The van der Waals surface area contributed by atoms with Gasteiger partial charge in [0.1, 0.15) is 5.69 Å². The fourth-order valence-electron chi connectivity index (χ4n) is 3.11. The number of hydrogen-bond donors (Lipinski definition) is 2. The lowest BCUT2D eigenvalue weighted by Crippen LogP contribution is -2.14. The Kier molecular flexibility index (Phi) is 5.04. The number of carbonyl (C=O) groups is 1. The monoisotopic (exact) mass is 389 g/mol. The number of para-hydroxylation sites is 1. The van der Waals surface area contributed by atoms with Crippen LogP contribution < -0.4 is 5.32 Å². The topological polar surface area (TPSA) is 74.8 Å². The average molecular weight is 389 g/mol. The van der Waals surface area contributed by atoms with E-state index in [2.05, 4.69) is 27.6 Å². The van der Waals surface area contributed by atoms with E-state index in [4.69, 9.17) is 0 Å². The Morgan fingerprint density at radius 3 is 2.57 bits per heavy atom. The van der Waals surface area contributed by atoms with Crippen molar-refractivity contribution in [3.05, 3.63) is 84.1 Å². The number of hydrogen-bond acceptors (Lipinski definition) is 3. The highest BCUT2D eigenvalue weighted by molar-refractivity contribution is 7.83. The number of benzene rings is 3. The predicted octanol–water partition coefficient (Wildman–Crippen LogP) is 4.36. The summed E-state index contributed by atoms with van der Waals surface area (Å²) in [6.45, 7) is 0. The van der Waals surface area contributed by atoms with Crippen molar-refractivity contribution in [3.63, 3.8) is 0 Å². The Morgan fingerprint density at radius 2 is 1.75 bits per heavy atom. The van der Waals surface area contributed by atoms with E-state index in [1.807, 2.05) is 48.5 Å². The SMILES string of the molecule is CS(=O)Cc1ccccc1NC(=O)c1cc(-c2ccc3ccccc3c2)n[nH]1. The summed E-state index contributed by atoms with van der Waals surface area (Å²) in [5.41, 5.74) is 3.51. The standard InChI is InChI=1S/C22H19N3O2S/c1-28(27)14-18-8-4-5-9-19(18)23-22(26)21-13-20(24-25-21)17-11-10-15-6-2-3-7-16(15)12-17/h2-13H,14H2,1H3,(H,23,26)(H,24,25). The van der Waals surface area contributed by atoms with Crippen LogP contribution in [0.3, 0.4) is 0 Å². The highest BCUT2D eigenvalue weighted by Gasteiger charge is 2.13. The summed E-state index contributed by atoms with van der Waals surface area (Å²) >= 11 is 0. The number of rotatable bonds is 5. The van der Waals surface area contributed by atoms with E-state index in [1.54, 1.807) is 18.4 Å². The average Bonchev–Trinajstić information content (AvgIpc) is 3.19. The molecule has 1 aromatic heterocycles. The Hall–Kier alpha value is -3.25. The Balaban J connectivity index is 1.57. The molecule has 28 heavy (non-hydrogen) atoms. The molecule has 0 aliphatic rings. The molecule has 140 valence electrons. The van der Waals surface area contributed by atoms with E-state index in [9.17, 15) is 9.00 Å². The van der Waals surface area contributed by atoms with Crippen molar-refractivity contribution in [2.45, 2.75) is 5.75 Å². The van der Waals surface area contributed by atoms with Gasteiger partial charge < -0.3 is 5.32 Å². The number of fused-ring (bicyclic) bond motifs is 1. The van der Waals surface area contributed by atoms with Crippen LogP contribution in [0.25, 0.3) is 22.0 Å². The van der Waals surface area contributed by atoms with Crippen LogP contribution in [0.2, 0.25) is 0 Å². The van der Waals surface area contributed by atoms with Crippen LogP contribution in [-0.4, -0.2) is 26.6 Å². The third-order valence-electron chi connectivity index (χ3n) is 4.49. The number of H-pyrrole nitrogens is 1. The molecule has 4 rings (SSSR count). The molecular formula is C22H19N3O2S. The molecule has 3 aromatic carbocycles.